The summed E-state index contributed by atoms with van der Waals surface area (Å²) in [5, 5.41) is 15.7. The standard InChI is InChI=1S/C33H40FN3O5/c1-3-5-6-7-8-9-14-27(32(40)41)33(4-2,37-30(38)24-12-10-11-13-25(24)31(37)39)36-19-17-22(18-20-36)29-26-16-15-23(34)21-28(26)42-35-29/h10-13,15-16,21-22,27H,3-9,14,17-20H2,1-2H3,(H,40,41). The van der Waals surface area contributed by atoms with Crippen molar-refractivity contribution in [2.45, 2.75) is 89.6 Å². The van der Waals surface area contributed by atoms with Crippen LogP contribution in [0.25, 0.3) is 11.0 Å². The zero-order chi connectivity index (χ0) is 29.9. The summed E-state index contributed by atoms with van der Waals surface area (Å²) in [6.45, 7) is 4.99. The fourth-order valence-corrected chi connectivity index (χ4v) is 7.13. The van der Waals surface area contributed by atoms with Gasteiger partial charge >= 0.3 is 5.97 Å². The number of carbonyl (C=O) groups is 3. The number of aromatic nitrogens is 1. The molecule has 0 aliphatic carbocycles. The number of amides is 2. The number of halogens is 1. The molecule has 0 saturated carbocycles. The minimum Gasteiger partial charge on any atom is -0.481 e. The highest BCUT2D eigenvalue weighted by atomic mass is 19.1. The van der Waals surface area contributed by atoms with Gasteiger partial charge in [0.1, 0.15) is 11.5 Å². The maximum Gasteiger partial charge on any atom is 0.310 e. The Balaban J connectivity index is 1.46. The van der Waals surface area contributed by atoms with Gasteiger partial charge < -0.3 is 9.63 Å². The highest BCUT2D eigenvalue weighted by Crippen LogP contribution is 2.44. The molecule has 42 heavy (non-hydrogen) atoms. The first-order chi connectivity index (χ1) is 20.3. The van der Waals surface area contributed by atoms with E-state index in [1.54, 1.807) is 30.3 Å². The number of hydrogen-bond donors (Lipinski definition) is 1. The average molecular weight is 578 g/mol. The topological polar surface area (TPSA) is 104 Å². The number of nitrogens with zero attached hydrogens (tertiary/aromatic N) is 3. The van der Waals surface area contributed by atoms with Crippen molar-refractivity contribution in [3.8, 4) is 0 Å². The SMILES string of the molecule is CCCCCCCCC(C(=O)O)C(CC)(N1CCC(c2noc3cc(F)ccc23)CC1)N1C(=O)c2ccccc2C1=O. The van der Waals surface area contributed by atoms with Crippen LogP contribution in [0.5, 0.6) is 0 Å². The molecule has 2 unspecified atom stereocenters. The van der Waals surface area contributed by atoms with Crippen LogP contribution in [0.2, 0.25) is 0 Å². The van der Waals surface area contributed by atoms with E-state index in [0.717, 1.165) is 43.2 Å². The molecular weight excluding hydrogens is 537 g/mol. The van der Waals surface area contributed by atoms with Crippen molar-refractivity contribution < 1.29 is 28.4 Å². The van der Waals surface area contributed by atoms with Gasteiger partial charge in [-0.3, -0.25) is 24.2 Å². The summed E-state index contributed by atoms with van der Waals surface area (Å²) in [7, 11) is 0. The lowest BCUT2D eigenvalue weighted by molar-refractivity contribution is -0.157. The lowest BCUT2D eigenvalue weighted by atomic mass is 9.80. The molecule has 2 aliphatic rings. The number of unbranched alkanes of at least 4 members (excludes halogenated alkanes) is 5. The molecule has 3 heterocycles. The van der Waals surface area contributed by atoms with E-state index in [1.165, 1.54) is 17.0 Å². The van der Waals surface area contributed by atoms with E-state index in [-0.39, 0.29) is 5.92 Å². The quantitative estimate of drug-likeness (QED) is 0.172. The monoisotopic (exact) mass is 577 g/mol. The zero-order valence-electron chi connectivity index (χ0n) is 24.5. The molecule has 2 aromatic carbocycles. The number of rotatable bonds is 13. The van der Waals surface area contributed by atoms with E-state index >= 15 is 0 Å². The van der Waals surface area contributed by atoms with Gasteiger partial charge in [0, 0.05) is 30.5 Å². The Kier molecular flexibility index (Phi) is 9.06. The van der Waals surface area contributed by atoms with Crippen LogP contribution in [-0.4, -0.2) is 56.6 Å². The van der Waals surface area contributed by atoms with Crippen LogP contribution in [0.1, 0.15) is 110 Å². The van der Waals surface area contributed by atoms with Gasteiger partial charge in [-0.2, -0.15) is 0 Å². The Morgan fingerprint density at radius 1 is 1.02 bits per heavy atom. The molecule has 1 N–H and O–H groups in total. The Bertz CT molecular complexity index is 1410. The molecule has 8 nitrogen and oxygen atoms in total. The van der Waals surface area contributed by atoms with Gasteiger partial charge in [0.2, 0.25) is 0 Å². The number of likely N-dealkylation sites (tertiary alicyclic amines) is 1. The van der Waals surface area contributed by atoms with Crippen LogP contribution >= 0.6 is 0 Å². The molecule has 1 aromatic heterocycles. The minimum atomic E-state index is -1.32. The first-order valence-corrected chi connectivity index (χ1v) is 15.3. The Labute approximate surface area is 245 Å². The lowest BCUT2D eigenvalue weighted by Gasteiger charge is -2.53. The summed E-state index contributed by atoms with van der Waals surface area (Å²) < 4.78 is 19.1. The molecule has 1 saturated heterocycles. The molecule has 0 bridgehead atoms. The fraction of sp³-hybridized carbons (Fsp3) is 0.515. The number of fused-ring (bicyclic) bond motifs is 2. The number of benzene rings is 2. The Morgan fingerprint density at radius 3 is 2.29 bits per heavy atom. The van der Waals surface area contributed by atoms with Gasteiger partial charge in [-0.15, -0.1) is 0 Å². The summed E-state index contributed by atoms with van der Waals surface area (Å²) >= 11 is 0. The smallest absolute Gasteiger partial charge is 0.310 e. The van der Waals surface area contributed by atoms with Gasteiger partial charge in [-0.05, 0) is 49.9 Å². The van der Waals surface area contributed by atoms with Crippen LogP contribution in [0, 0.1) is 11.7 Å². The number of imide groups is 1. The highest BCUT2D eigenvalue weighted by Gasteiger charge is 2.57. The number of carboxylic acids is 1. The predicted octanol–water partition coefficient (Wildman–Crippen LogP) is 7.00. The van der Waals surface area contributed by atoms with Crippen molar-refractivity contribution in [2.75, 3.05) is 13.1 Å². The number of carbonyl (C=O) groups excluding carboxylic acids is 2. The third-order valence-corrected chi connectivity index (χ3v) is 9.30. The second kappa shape index (κ2) is 12.7. The van der Waals surface area contributed by atoms with Crippen molar-refractivity contribution in [2.24, 2.45) is 5.92 Å². The summed E-state index contributed by atoms with van der Waals surface area (Å²) in [6.07, 6.45) is 7.99. The Hall–Kier alpha value is -3.59. The number of hydrogen-bond acceptors (Lipinski definition) is 6. The van der Waals surface area contributed by atoms with Crippen molar-refractivity contribution in [3.05, 3.63) is 65.1 Å². The molecule has 2 amide bonds. The van der Waals surface area contributed by atoms with Gasteiger partial charge in [-0.1, -0.05) is 69.7 Å². The van der Waals surface area contributed by atoms with Gasteiger partial charge in [0.25, 0.3) is 11.8 Å². The second-order valence-corrected chi connectivity index (χ2v) is 11.6. The van der Waals surface area contributed by atoms with Crippen molar-refractivity contribution in [3.63, 3.8) is 0 Å². The van der Waals surface area contributed by atoms with E-state index in [9.17, 15) is 23.9 Å². The number of carboxylic acid groups (broad SMARTS) is 1. The molecule has 2 aliphatic heterocycles. The van der Waals surface area contributed by atoms with Crippen LogP contribution < -0.4 is 0 Å². The van der Waals surface area contributed by atoms with E-state index in [0.29, 0.717) is 61.9 Å². The molecule has 1 fully saturated rings. The summed E-state index contributed by atoms with van der Waals surface area (Å²) in [6, 6.07) is 11.1. The fourth-order valence-electron chi connectivity index (χ4n) is 7.13. The van der Waals surface area contributed by atoms with Crippen molar-refractivity contribution in [1.82, 2.24) is 15.0 Å². The second-order valence-electron chi connectivity index (χ2n) is 11.6. The number of aliphatic carboxylic acids is 1. The molecule has 0 radical (unpaired) electrons. The predicted molar refractivity (Wildman–Crippen MR) is 157 cm³/mol. The van der Waals surface area contributed by atoms with Crippen molar-refractivity contribution >= 4 is 28.8 Å². The summed E-state index contributed by atoms with van der Waals surface area (Å²) in [4.78, 5) is 44.2. The molecule has 9 heteroatoms. The van der Waals surface area contributed by atoms with Crippen LogP contribution in [0.3, 0.4) is 0 Å². The van der Waals surface area contributed by atoms with Crippen LogP contribution in [0.4, 0.5) is 4.39 Å². The third-order valence-electron chi connectivity index (χ3n) is 9.30. The largest absolute Gasteiger partial charge is 0.481 e. The highest BCUT2D eigenvalue weighted by molar-refractivity contribution is 6.22. The maximum absolute atomic E-state index is 13.9. The zero-order valence-corrected chi connectivity index (χ0v) is 24.5. The van der Waals surface area contributed by atoms with E-state index < -0.39 is 35.2 Å². The maximum atomic E-state index is 13.9. The molecule has 2 atom stereocenters. The normalized spacial score (nSPS) is 18.4. The first kappa shape index (κ1) is 29.9. The third kappa shape index (κ3) is 5.35. The average Bonchev–Trinajstić information content (AvgIpc) is 3.53. The number of piperidine rings is 1. The van der Waals surface area contributed by atoms with Crippen LogP contribution in [0.15, 0.2) is 47.0 Å². The minimum absolute atomic E-state index is 0.0199. The van der Waals surface area contributed by atoms with Crippen molar-refractivity contribution in [1.29, 1.82) is 0 Å². The lowest BCUT2D eigenvalue weighted by Crippen LogP contribution is -2.68. The molecule has 3 aromatic rings. The summed E-state index contributed by atoms with van der Waals surface area (Å²) in [5.74, 6) is -3.17. The van der Waals surface area contributed by atoms with E-state index in [2.05, 4.69) is 17.0 Å². The molecule has 5 rings (SSSR count). The van der Waals surface area contributed by atoms with E-state index in [4.69, 9.17) is 4.52 Å². The van der Waals surface area contributed by atoms with E-state index in [1.807, 2.05) is 6.92 Å². The molecule has 224 valence electrons. The Morgan fingerprint density at radius 2 is 1.67 bits per heavy atom. The first-order valence-electron chi connectivity index (χ1n) is 15.3. The van der Waals surface area contributed by atoms with Gasteiger partial charge in [0.15, 0.2) is 5.58 Å². The molecule has 0 spiro atoms. The van der Waals surface area contributed by atoms with Gasteiger partial charge in [-0.25, -0.2) is 4.39 Å². The molecular formula is C33H40FN3O5. The van der Waals surface area contributed by atoms with Gasteiger partial charge in [0.05, 0.1) is 22.7 Å². The summed E-state index contributed by atoms with van der Waals surface area (Å²) in [5.41, 5.74) is 0.476. The van der Waals surface area contributed by atoms with Crippen LogP contribution in [-0.2, 0) is 4.79 Å².